The van der Waals surface area contributed by atoms with Gasteiger partial charge in [-0.2, -0.15) is 0 Å². The van der Waals surface area contributed by atoms with Gasteiger partial charge in [-0.05, 0) is 6.42 Å². The summed E-state index contributed by atoms with van der Waals surface area (Å²) in [7, 11) is 0. The zero-order valence-electron chi connectivity index (χ0n) is 12.7. The number of hydrogen-bond donors (Lipinski definition) is 4. The molecule has 0 amide bonds. The van der Waals surface area contributed by atoms with Crippen molar-refractivity contribution in [1.82, 2.24) is 0 Å². The van der Waals surface area contributed by atoms with Crippen LogP contribution in [-0.2, 0) is 9.59 Å². The fourth-order valence-electron chi connectivity index (χ4n) is 1.31. The van der Waals surface area contributed by atoms with Crippen LogP contribution in [0, 0.1) is 0 Å². The average molecular weight is 300 g/mol. The zero-order chi connectivity index (χ0) is 15.1. The van der Waals surface area contributed by atoms with Crippen LogP contribution in [0.1, 0.15) is 58.3 Å². The average Bonchev–Trinajstić information content (AvgIpc) is 2.37. The summed E-state index contributed by atoms with van der Waals surface area (Å²) in [5, 5.41) is 24.3. The summed E-state index contributed by atoms with van der Waals surface area (Å²) >= 11 is 0. The molecular formula is C13H27NNaO5. The Balaban J connectivity index is -0.000000312. The van der Waals surface area contributed by atoms with Gasteiger partial charge in [-0.3, -0.25) is 9.59 Å². The van der Waals surface area contributed by atoms with Gasteiger partial charge in [0.2, 0.25) is 0 Å². The molecule has 20 heavy (non-hydrogen) atoms. The predicted octanol–water partition coefficient (Wildman–Crippen LogP) is 1.22. The number of aliphatic hydroxyl groups is 1. The van der Waals surface area contributed by atoms with Crippen molar-refractivity contribution >= 4 is 41.5 Å². The van der Waals surface area contributed by atoms with Crippen molar-refractivity contribution in [1.29, 1.82) is 0 Å². The van der Waals surface area contributed by atoms with Crippen LogP contribution in [-0.4, -0.2) is 69.5 Å². The molecular weight excluding hydrogens is 273 g/mol. The first kappa shape index (κ1) is 24.9. The van der Waals surface area contributed by atoms with Gasteiger partial charge < -0.3 is 21.1 Å². The third-order valence-corrected chi connectivity index (χ3v) is 2.51. The van der Waals surface area contributed by atoms with Gasteiger partial charge in [0, 0.05) is 36.0 Å². The Labute approximate surface area is 143 Å². The monoisotopic (exact) mass is 300 g/mol. The molecule has 0 aliphatic heterocycles. The number of rotatable bonds is 10. The third kappa shape index (κ3) is 23.0. The van der Waals surface area contributed by atoms with Crippen molar-refractivity contribution in [2.75, 3.05) is 6.61 Å². The second-order valence-corrected chi connectivity index (χ2v) is 4.39. The zero-order valence-corrected chi connectivity index (χ0v) is 14.7. The SMILES string of the molecule is CCCCCCCCCC(=O)O.N[C@@H](CO)C(=O)O.[Na]. The van der Waals surface area contributed by atoms with Crippen LogP contribution >= 0.6 is 0 Å². The maximum Gasteiger partial charge on any atom is 0.322 e. The van der Waals surface area contributed by atoms with Crippen LogP contribution in [0.3, 0.4) is 0 Å². The molecule has 0 unspecified atom stereocenters. The van der Waals surface area contributed by atoms with E-state index in [0.29, 0.717) is 6.42 Å². The number of carbonyl (C=O) groups is 2. The summed E-state index contributed by atoms with van der Waals surface area (Å²) < 4.78 is 0. The summed E-state index contributed by atoms with van der Waals surface area (Å²) in [5.74, 6) is -1.84. The molecule has 0 saturated carbocycles. The first-order valence-corrected chi connectivity index (χ1v) is 6.76. The Morgan fingerprint density at radius 1 is 1.00 bits per heavy atom. The molecule has 6 nitrogen and oxygen atoms in total. The molecule has 7 heteroatoms. The maximum atomic E-state index is 10.1. The van der Waals surface area contributed by atoms with E-state index < -0.39 is 24.6 Å². The Kier molecular flexibility index (Phi) is 23.4. The number of aliphatic hydroxyl groups excluding tert-OH is 1. The number of unbranched alkanes of at least 4 members (excludes halogenated alkanes) is 6. The Morgan fingerprint density at radius 3 is 1.75 bits per heavy atom. The topological polar surface area (TPSA) is 121 Å². The third-order valence-electron chi connectivity index (χ3n) is 2.51. The van der Waals surface area contributed by atoms with E-state index in [0.717, 1.165) is 12.8 Å². The van der Waals surface area contributed by atoms with Crippen molar-refractivity contribution in [2.24, 2.45) is 5.73 Å². The van der Waals surface area contributed by atoms with E-state index in [1.165, 1.54) is 32.1 Å². The smallest absolute Gasteiger partial charge is 0.322 e. The van der Waals surface area contributed by atoms with E-state index in [1.54, 1.807) is 0 Å². The van der Waals surface area contributed by atoms with Gasteiger partial charge in [-0.25, -0.2) is 0 Å². The minimum Gasteiger partial charge on any atom is -0.481 e. The van der Waals surface area contributed by atoms with E-state index in [9.17, 15) is 9.59 Å². The summed E-state index contributed by atoms with van der Waals surface area (Å²) in [6, 6.07) is -1.13. The van der Waals surface area contributed by atoms with Crippen LogP contribution < -0.4 is 5.73 Å². The summed E-state index contributed by atoms with van der Waals surface area (Å²) in [4.78, 5) is 19.8. The van der Waals surface area contributed by atoms with Crippen LogP contribution in [0.15, 0.2) is 0 Å². The molecule has 0 spiro atoms. The predicted molar refractivity (Wildman–Crippen MR) is 78.7 cm³/mol. The Morgan fingerprint density at radius 2 is 1.45 bits per heavy atom. The minimum absolute atomic E-state index is 0. The van der Waals surface area contributed by atoms with Crippen LogP contribution in [0.4, 0.5) is 0 Å². The van der Waals surface area contributed by atoms with Crippen LogP contribution in [0.2, 0.25) is 0 Å². The van der Waals surface area contributed by atoms with E-state index in [4.69, 9.17) is 21.1 Å². The van der Waals surface area contributed by atoms with E-state index in [2.05, 4.69) is 6.92 Å². The summed E-state index contributed by atoms with van der Waals surface area (Å²) in [6.45, 7) is 1.69. The molecule has 0 aromatic heterocycles. The van der Waals surface area contributed by atoms with Crippen molar-refractivity contribution in [3.8, 4) is 0 Å². The second kappa shape index (κ2) is 18.9. The minimum atomic E-state index is -1.18. The quantitative estimate of drug-likeness (QED) is 0.355. The fraction of sp³-hybridized carbons (Fsp3) is 0.846. The number of hydrogen-bond acceptors (Lipinski definition) is 4. The molecule has 0 aromatic carbocycles. The molecule has 0 bridgehead atoms. The van der Waals surface area contributed by atoms with Crippen molar-refractivity contribution in [3.63, 3.8) is 0 Å². The molecule has 5 N–H and O–H groups in total. The fourth-order valence-corrected chi connectivity index (χ4v) is 1.31. The van der Waals surface area contributed by atoms with Crippen molar-refractivity contribution < 1.29 is 24.9 Å². The molecule has 0 heterocycles. The normalized spacial score (nSPS) is 10.8. The van der Waals surface area contributed by atoms with E-state index in [1.807, 2.05) is 0 Å². The van der Waals surface area contributed by atoms with Gasteiger partial charge in [0.25, 0.3) is 0 Å². The van der Waals surface area contributed by atoms with Gasteiger partial charge in [-0.1, -0.05) is 45.4 Å². The molecule has 0 aromatic rings. The largest absolute Gasteiger partial charge is 0.481 e. The molecule has 1 radical (unpaired) electrons. The van der Waals surface area contributed by atoms with Gasteiger partial charge >= 0.3 is 11.9 Å². The standard InChI is InChI=1S/C10H20O2.C3H7NO3.Na/c1-2-3-4-5-6-7-8-9-10(11)12;4-2(1-5)3(6)7;/h2-9H2,1H3,(H,11,12);2,5H,1,4H2,(H,6,7);/t;2-;/m.0./s1. The number of nitrogens with two attached hydrogens (primary N) is 1. The summed E-state index contributed by atoms with van der Waals surface area (Å²) in [6.07, 6.45) is 8.64. The van der Waals surface area contributed by atoms with Crippen LogP contribution in [0.25, 0.3) is 0 Å². The molecule has 115 valence electrons. The molecule has 0 fully saturated rings. The molecule has 0 saturated heterocycles. The molecule has 0 aliphatic rings. The van der Waals surface area contributed by atoms with Crippen molar-refractivity contribution in [2.45, 2.75) is 64.3 Å². The first-order valence-electron chi connectivity index (χ1n) is 6.76. The van der Waals surface area contributed by atoms with Crippen LogP contribution in [0.5, 0.6) is 0 Å². The van der Waals surface area contributed by atoms with Crippen molar-refractivity contribution in [3.05, 3.63) is 0 Å². The van der Waals surface area contributed by atoms with E-state index in [-0.39, 0.29) is 29.6 Å². The number of aliphatic carboxylic acids is 2. The van der Waals surface area contributed by atoms with Gasteiger partial charge in [-0.15, -0.1) is 0 Å². The number of carboxylic acid groups (broad SMARTS) is 2. The molecule has 0 aliphatic carbocycles. The maximum absolute atomic E-state index is 10.1. The van der Waals surface area contributed by atoms with Gasteiger partial charge in [0.05, 0.1) is 6.61 Å². The first-order chi connectivity index (χ1) is 8.95. The molecule has 0 rings (SSSR count). The summed E-state index contributed by atoms with van der Waals surface area (Å²) in [5.41, 5.74) is 4.77. The van der Waals surface area contributed by atoms with Gasteiger partial charge in [0.15, 0.2) is 0 Å². The Hall–Kier alpha value is -0.140. The number of carboxylic acids is 2. The Bertz CT molecular complexity index is 239. The molecule has 1 atom stereocenters. The van der Waals surface area contributed by atoms with Gasteiger partial charge in [0.1, 0.15) is 6.04 Å². The second-order valence-electron chi connectivity index (χ2n) is 4.39. The van der Waals surface area contributed by atoms with E-state index >= 15 is 0 Å².